The molecule has 1 aromatic heterocycles. The number of nitrogens with one attached hydrogen (secondary N) is 2. The Morgan fingerprint density at radius 1 is 1.09 bits per heavy atom. The van der Waals surface area contributed by atoms with Crippen LogP contribution in [-0.4, -0.2) is 10.2 Å². The van der Waals surface area contributed by atoms with E-state index in [-0.39, 0.29) is 5.82 Å². The summed E-state index contributed by atoms with van der Waals surface area (Å²) in [5.41, 5.74) is 3.89. The average molecular weight is 293 g/mol. The average Bonchev–Trinajstić information content (AvgIpc) is 2.98. The van der Waals surface area contributed by atoms with Gasteiger partial charge in [-0.2, -0.15) is 5.10 Å². The van der Waals surface area contributed by atoms with Gasteiger partial charge in [0.1, 0.15) is 5.82 Å². The van der Waals surface area contributed by atoms with Gasteiger partial charge in [0.25, 0.3) is 0 Å². The molecule has 0 spiro atoms. The fourth-order valence-corrected chi connectivity index (χ4v) is 2.30. The number of aromatic amines is 1. The number of nitrogens with zero attached hydrogens (tertiary/aromatic N) is 1. The molecule has 0 fully saturated rings. The quantitative estimate of drug-likeness (QED) is 0.728. The first-order valence-corrected chi connectivity index (χ1v) is 7.02. The molecule has 2 aromatic carbocycles. The molecule has 1 heterocycles. The van der Waals surface area contributed by atoms with Gasteiger partial charge in [0.15, 0.2) is 5.82 Å². The highest BCUT2D eigenvalue weighted by Gasteiger charge is 2.11. The molecule has 4 heteroatoms. The molecule has 0 saturated heterocycles. The Kier molecular flexibility index (Phi) is 4.01. The molecule has 0 unspecified atom stereocenters. The van der Waals surface area contributed by atoms with Crippen LogP contribution in [-0.2, 0) is 6.54 Å². The van der Waals surface area contributed by atoms with Crippen LogP contribution in [0.1, 0.15) is 11.1 Å². The van der Waals surface area contributed by atoms with Gasteiger partial charge >= 0.3 is 0 Å². The third kappa shape index (κ3) is 2.91. The molecule has 3 aromatic rings. The van der Waals surface area contributed by atoms with Crippen LogP contribution in [0.15, 0.2) is 61.2 Å². The minimum Gasteiger partial charge on any atom is -0.364 e. The summed E-state index contributed by atoms with van der Waals surface area (Å²) in [4.78, 5) is 0. The summed E-state index contributed by atoms with van der Waals surface area (Å²) in [6.07, 6.45) is 1.78. The van der Waals surface area contributed by atoms with E-state index in [0.29, 0.717) is 6.54 Å². The van der Waals surface area contributed by atoms with Crippen LogP contribution in [0.25, 0.3) is 17.3 Å². The highest BCUT2D eigenvalue weighted by atomic mass is 19.1. The van der Waals surface area contributed by atoms with E-state index in [4.69, 9.17) is 0 Å². The van der Waals surface area contributed by atoms with Crippen molar-refractivity contribution < 1.29 is 4.39 Å². The van der Waals surface area contributed by atoms with Crippen molar-refractivity contribution in [1.29, 1.82) is 0 Å². The summed E-state index contributed by atoms with van der Waals surface area (Å²) in [6, 6.07) is 16.4. The van der Waals surface area contributed by atoms with Gasteiger partial charge < -0.3 is 5.32 Å². The zero-order valence-electron chi connectivity index (χ0n) is 12.0. The van der Waals surface area contributed by atoms with Crippen LogP contribution in [0.5, 0.6) is 0 Å². The predicted molar refractivity (Wildman–Crippen MR) is 87.8 cm³/mol. The summed E-state index contributed by atoms with van der Waals surface area (Å²) in [5.74, 6) is 0.500. The molecule has 0 aliphatic carbocycles. The molecular formula is C18H16FN3. The maximum Gasteiger partial charge on any atom is 0.155 e. The highest BCUT2D eigenvalue weighted by molar-refractivity contribution is 5.78. The van der Waals surface area contributed by atoms with Crippen molar-refractivity contribution in [2.75, 3.05) is 5.32 Å². The topological polar surface area (TPSA) is 40.7 Å². The van der Waals surface area contributed by atoms with Crippen LogP contribution in [0.2, 0.25) is 0 Å². The van der Waals surface area contributed by atoms with Crippen molar-refractivity contribution in [1.82, 2.24) is 10.2 Å². The molecule has 22 heavy (non-hydrogen) atoms. The number of hydrogen-bond acceptors (Lipinski definition) is 2. The third-order valence-electron chi connectivity index (χ3n) is 3.44. The Labute approximate surface area is 128 Å². The van der Waals surface area contributed by atoms with Crippen LogP contribution in [0, 0.1) is 5.82 Å². The number of benzene rings is 2. The number of hydrogen-bond donors (Lipinski definition) is 2. The van der Waals surface area contributed by atoms with E-state index in [0.717, 1.165) is 28.2 Å². The zero-order valence-corrected chi connectivity index (χ0v) is 12.0. The molecule has 0 aliphatic rings. The lowest BCUT2D eigenvalue weighted by Gasteiger charge is -2.05. The number of aromatic nitrogens is 2. The molecule has 0 saturated carbocycles. The van der Waals surface area contributed by atoms with E-state index >= 15 is 0 Å². The molecule has 0 amide bonds. The van der Waals surface area contributed by atoms with Crippen LogP contribution in [0.3, 0.4) is 0 Å². The molecule has 0 aliphatic heterocycles. The third-order valence-corrected chi connectivity index (χ3v) is 3.44. The molecule has 0 bridgehead atoms. The van der Waals surface area contributed by atoms with Gasteiger partial charge in [-0.3, -0.25) is 5.10 Å². The Balaban J connectivity index is 1.81. The van der Waals surface area contributed by atoms with E-state index in [1.165, 1.54) is 12.1 Å². The van der Waals surface area contributed by atoms with Gasteiger partial charge in [-0.15, -0.1) is 0 Å². The molecular weight excluding hydrogens is 277 g/mol. The second-order valence-corrected chi connectivity index (χ2v) is 4.91. The van der Waals surface area contributed by atoms with Crippen LogP contribution in [0.4, 0.5) is 10.2 Å². The first-order valence-electron chi connectivity index (χ1n) is 7.02. The molecule has 0 atom stereocenters. The fraction of sp³-hybridized carbons (Fsp3) is 0.0556. The fourth-order valence-electron chi connectivity index (χ4n) is 2.30. The van der Waals surface area contributed by atoms with Gasteiger partial charge in [0.2, 0.25) is 0 Å². The van der Waals surface area contributed by atoms with Gasteiger partial charge in [-0.25, -0.2) is 4.39 Å². The minimum atomic E-state index is -0.235. The van der Waals surface area contributed by atoms with E-state index in [2.05, 4.69) is 22.1 Å². The minimum absolute atomic E-state index is 0.235. The lowest BCUT2D eigenvalue weighted by Crippen LogP contribution is -2.01. The summed E-state index contributed by atoms with van der Waals surface area (Å²) >= 11 is 0. The highest BCUT2D eigenvalue weighted by Crippen LogP contribution is 2.27. The van der Waals surface area contributed by atoms with E-state index in [1.807, 2.05) is 30.3 Å². The zero-order chi connectivity index (χ0) is 15.4. The smallest absolute Gasteiger partial charge is 0.155 e. The first kappa shape index (κ1) is 14.1. The van der Waals surface area contributed by atoms with Crippen molar-refractivity contribution in [2.45, 2.75) is 6.54 Å². The van der Waals surface area contributed by atoms with Crippen molar-refractivity contribution >= 4 is 11.9 Å². The largest absolute Gasteiger partial charge is 0.364 e. The molecule has 3 rings (SSSR count). The monoisotopic (exact) mass is 293 g/mol. The summed E-state index contributed by atoms with van der Waals surface area (Å²) in [7, 11) is 0. The number of anilines is 1. The Bertz CT molecular complexity index is 761. The van der Waals surface area contributed by atoms with E-state index in [1.54, 1.807) is 18.2 Å². The number of halogens is 1. The Hall–Kier alpha value is -2.88. The van der Waals surface area contributed by atoms with Gasteiger partial charge in [0, 0.05) is 17.7 Å². The molecule has 2 N–H and O–H groups in total. The lowest BCUT2D eigenvalue weighted by molar-refractivity contribution is 0.627. The predicted octanol–water partition coefficient (Wildman–Crippen LogP) is 4.47. The SMILES string of the molecule is C=Cc1c(NCc2ccc(F)cc2)n[nH]c1-c1ccccc1. The van der Waals surface area contributed by atoms with Crippen molar-refractivity contribution in [3.63, 3.8) is 0 Å². The van der Waals surface area contributed by atoms with E-state index < -0.39 is 0 Å². The summed E-state index contributed by atoms with van der Waals surface area (Å²) in [5, 5.41) is 10.6. The summed E-state index contributed by atoms with van der Waals surface area (Å²) in [6.45, 7) is 4.44. The van der Waals surface area contributed by atoms with Gasteiger partial charge in [-0.05, 0) is 17.7 Å². The number of rotatable bonds is 5. The lowest BCUT2D eigenvalue weighted by atomic mass is 10.1. The van der Waals surface area contributed by atoms with Crippen molar-refractivity contribution in [2.24, 2.45) is 0 Å². The first-order chi connectivity index (χ1) is 10.8. The maximum atomic E-state index is 12.9. The normalized spacial score (nSPS) is 10.4. The van der Waals surface area contributed by atoms with Crippen molar-refractivity contribution in [3.8, 4) is 11.3 Å². The number of H-pyrrole nitrogens is 1. The summed E-state index contributed by atoms with van der Waals surface area (Å²) < 4.78 is 12.9. The molecule has 3 nitrogen and oxygen atoms in total. The standard InChI is InChI=1S/C18H16FN3/c1-2-16-17(14-6-4-3-5-7-14)21-22-18(16)20-12-13-8-10-15(19)11-9-13/h2-11H,1,12H2,(H2,20,21,22). The second kappa shape index (κ2) is 6.26. The van der Waals surface area contributed by atoms with Crippen LogP contribution >= 0.6 is 0 Å². The van der Waals surface area contributed by atoms with Crippen molar-refractivity contribution in [3.05, 3.63) is 78.1 Å². The van der Waals surface area contributed by atoms with Gasteiger partial charge in [-0.1, -0.05) is 55.1 Å². The van der Waals surface area contributed by atoms with Crippen LogP contribution < -0.4 is 5.32 Å². The van der Waals surface area contributed by atoms with E-state index in [9.17, 15) is 4.39 Å². The van der Waals surface area contributed by atoms with Gasteiger partial charge in [0.05, 0.1) is 5.69 Å². The molecule has 0 radical (unpaired) electrons. The Morgan fingerprint density at radius 2 is 1.82 bits per heavy atom. The molecule has 110 valence electrons. The Morgan fingerprint density at radius 3 is 2.50 bits per heavy atom. The second-order valence-electron chi connectivity index (χ2n) is 4.91. The maximum absolute atomic E-state index is 12.9.